The lowest BCUT2D eigenvalue weighted by Gasteiger charge is -2.20. The number of carbonyl (C=O) groups is 2. The van der Waals surface area contributed by atoms with Gasteiger partial charge in [-0.1, -0.05) is 42.5 Å². The first-order chi connectivity index (χ1) is 10.2. The number of ketones is 2. The molecule has 0 fully saturated rings. The summed E-state index contributed by atoms with van der Waals surface area (Å²) in [6, 6.07) is 10.4. The van der Waals surface area contributed by atoms with E-state index in [0.29, 0.717) is 28.0 Å². The van der Waals surface area contributed by atoms with Crippen molar-refractivity contribution in [2.24, 2.45) is 0 Å². The van der Waals surface area contributed by atoms with Crippen LogP contribution < -0.4 is 4.74 Å². The number of benzene rings is 2. The molecule has 104 valence electrons. The van der Waals surface area contributed by atoms with Gasteiger partial charge in [0, 0.05) is 22.3 Å². The highest BCUT2D eigenvalue weighted by atomic mass is 16.5. The maximum atomic E-state index is 12.7. The Kier molecular flexibility index (Phi) is 3.18. The second-order valence-corrected chi connectivity index (χ2v) is 4.81. The smallest absolute Gasteiger partial charge is 0.198 e. The Morgan fingerprint density at radius 2 is 1.57 bits per heavy atom. The Morgan fingerprint density at radius 3 is 2.19 bits per heavy atom. The highest BCUT2D eigenvalue weighted by Gasteiger charge is 2.32. The minimum absolute atomic E-state index is 0.134. The molecular weight excluding hydrogens is 264 g/mol. The Labute approximate surface area is 122 Å². The van der Waals surface area contributed by atoms with Crippen LogP contribution in [0.1, 0.15) is 44.3 Å². The Hall–Kier alpha value is -2.68. The molecule has 0 bridgehead atoms. The summed E-state index contributed by atoms with van der Waals surface area (Å²) < 4.78 is 5.41. The zero-order valence-electron chi connectivity index (χ0n) is 11.8. The summed E-state index contributed by atoms with van der Waals surface area (Å²) in [6.07, 6.45) is 3.73. The van der Waals surface area contributed by atoms with E-state index in [1.165, 1.54) is 7.11 Å². The van der Waals surface area contributed by atoms with Gasteiger partial charge in [-0.15, -0.1) is 0 Å². The lowest BCUT2D eigenvalue weighted by molar-refractivity contribution is 0.0976. The molecule has 0 atom stereocenters. The van der Waals surface area contributed by atoms with E-state index < -0.39 is 0 Å². The summed E-state index contributed by atoms with van der Waals surface area (Å²) in [5, 5.41) is 0. The molecule has 0 aliphatic heterocycles. The van der Waals surface area contributed by atoms with Crippen molar-refractivity contribution in [1.82, 2.24) is 0 Å². The predicted octanol–water partition coefficient (Wildman–Crippen LogP) is 3.50. The van der Waals surface area contributed by atoms with Gasteiger partial charge in [-0.05, 0) is 13.0 Å². The quantitative estimate of drug-likeness (QED) is 0.720. The first-order valence-electron chi connectivity index (χ1n) is 6.71. The van der Waals surface area contributed by atoms with Crippen molar-refractivity contribution in [3.63, 3.8) is 0 Å². The molecule has 0 radical (unpaired) electrons. The monoisotopic (exact) mass is 278 g/mol. The molecule has 3 heteroatoms. The van der Waals surface area contributed by atoms with Gasteiger partial charge >= 0.3 is 0 Å². The largest absolute Gasteiger partial charge is 0.495 e. The molecule has 2 aromatic carbocycles. The van der Waals surface area contributed by atoms with Crippen LogP contribution >= 0.6 is 0 Å². The second kappa shape index (κ2) is 5.02. The topological polar surface area (TPSA) is 43.4 Å². The Morgan fingerprint density at radius 1 is 0.905 bits per heavy atom. The summed E-state index contributed by atoms with van der Waals surface area (Å²) in [5.41, 5.74) is 2.45. The fourth-order valence-corrected chi connectivity index (χ4v) is 2.70. The van der Waals surface area contributed by atoms with Crippen molar-refractivity contribution in [3.05, 3.63) is 70.3 Å². The number of carbonyl (C=O) groups excluding carboxylic acids is 2. The average molecular weight is 278 g/mol. The molecular formula is C18H14O3. The number of ether oxygens (including phenoxy) is 1. The first-order valence-corrected chi connectivity index (χ1v) is 6.71. The lowest BCUT2D eigenvalue weighted by atomic mass is 9.82. The number of fused-ring (bicyclic) bond motifs is 2. The van der Waals surface area contributed by atoms with Crippen molar-refractivity contribution in [2.45, 2.75) is 6.92 Å². The van der Waals surface area contributed by atoms with Crippen molar-refractivity contribution in [1.29, 1.82) is 0 Å². The lowest BCUT2D eigenvalue weighted by Crippen LogP contribution is -2.21. The highest BCUT2D eigenvalue weighted by Crippen LogP contribution is 2.36. The zero-order valence-corrected chi connectivity index (χ0v) is 11.8. The van der Waals surface area contributed by atoms with Crippen LogP contribution in [0, 0.1) is 0 Å². The number of allylic oxidation sites excluding steroid dienone is 1. The van der Waals surface area contributed by atoms with Crippen LogP contribution in [0.3, 0.4) is 0 Å². The molecule has 0 heterocycles. The predicted molar refractivity (Wildman–Crippen MR) is 81.0 cm³/mol. The summed E-state index contributed by atoms with van der Waals surface area (Å²) >= 11 is 0. The minimum atomic E-state index is -0.164. The van der Waals surface area contributed by atoms with E-state index in [1.807, 2.05) is 19.1 Å². The molecule has 0 amide bonds. The SMILES string of the molecule is C/C=C/c1ccc2c(c1OC)C(=O)c1ccccc1C2=O. The van der Waals surface area contributed by atoms with E-state index in [-0.39, 0.29) is 11.6 Å². The molecule has 1 aliphatic rings. The average Bonchev–Trinajstić information content (AvgIpc) is 2.52. The van der Waals surface area contributed by atoms with Crippen LogP contribution in [-0.2, 0) is 0 Å². The van der Waals surface area contributed by atoms with Gasteiger partial charge in [0.15, 0.2) is 11.6 Å². The molecule has 0 N–H and O–H groups in total. The van der Waals surface area contributed by atoms with Gasteiger partial charge in [-0.25, -0.2) is 0 Å². The molecule has 3 rings (SSSR count). The van der Waals surface area contributed by atoms with Crippen molar-refractivity contribution in [3.8, 4) is 5.75 Å². The summed E-state index contributed by atoms with van der Waals surface area (Å²) in [7, 11) is 1.51. The normalized spacial score (nSPS) is 13.2. The summed E-state index contributed by atoms with van der Waals surface area (Å²) in [4.78, 5) is 25.3. The van der Waals surface area contributed by atoms with Crippen LogP contribution in [-0.4, -0.2) is 18.7 Å². The van der Waals surface area contributed by atoms with Crippen LogP contribution in [0.5, 0.6) is 5.75 Å². The van der Waals surface area contributed by atoms with Crippen LogP contribution in [0.4, 0.5) is 0 Å². The zero-order chi connectivity index (χ0) is 15.0. The molecule has 2 aromatic rings. The molecule has 21 heavy (non-hydrogen) atoms. The third kappa shape index (κ3) is 1.89. The van der Waals surface area contributed by atoms with Gasteiger partial charge in [-0.2, -0.15) is 0 Å². The number of methoxy groups -OCH3 is 1. The summed E-state index contributed by atoms with van der Waals surface area (Å²) in [6.45, 7) is 1.89. The number of rotatable bonds is 2. The van der Waals surface area contributed by atoms with Gasteiger partial charge in [-0.3, -0.25) is 9.59 Å². The minimum Gasteiger partial charge on any atom is -0.495 e. The first kappa shape index (κ1) is 13.3. The van der Waals surface area contributed by atoms with E-state index in [0.717, 1.165) is 5.56 Å². The molecule has 0 aromatic heterocycles. The molecule has 3 nitrogen and oxygen atoms in total. The number of hydrogen-bond acceptors (Lipinski definition) is 3. The van der Waals surface area contributed by atoms with E-state index in [9.17, 15) is 9.59 Å². The highest BCUT2D eigenvalue weighted by molar-refractivity contribution is 6.29. The maximum absolute atomic E-state index is 12.7. The third-order valence-corrected chi connectivity index (χ3v) is 3.63. The molecule has 0 saturated heterocycles. The van der Waals surface area contributed by atoms with Gasteiger partial charge in [0.25, 0.3) is 0 Å². The molecule has 0 saturated carbocycles. The van der Waals surface area contributed by atoms with E-state index in [1.54, 1.807) is 36.4 Å². The third-order valence-electron chi connectivity index (χ3n) is 3.63. The van der Waals surface area contributed by atoms with Gasteiger partial charge in [0.2, 0.25) is 0 Å². The van der Waals surface area contributed by atoms with Crippen molar-refractivity contribution < 1.29 is 14.3 Å². The van der Waals surface area contributed by atoms with E-state index in [4.69, 9.17) is 4.74 Å². The fourth-order valence-electron chi connectivity index (χ4n) is 2.70. The van der Waals surface area contributed by atoms with Gasteiger partial charge < -0.3 is 4.74 Å². The Balaban J connectivity index is 2.33. The van der Waals surface area contributed by atoms with Crippen LogP contribution in [0.25, 0.3) is 6.08 Å². The van der Waals surface area contributed by atoms with Gasteiger partial charge in [0.05, 0.1) is 12.7 Å². The Bertz CT molecular complexity index is 785. The van der Waals surface area contributed by atoms with Crippen LogP contribution in [0.15, 0.2) is 42.5 Å². The number of hydrogen-bond donors (Lipinski definition) is 0. The van der Waals surface area contributed by atoms with E-state index >= 15 is 0 Å². The molecule has 0 spiro atoms. The van der Waals surface area contributed by atoms with Crippen molar-refractivity contribution >= 4 is 17.6 Å². The van der Waals surface area contributed by atoms with Crippen molar-refractivity contribution in [2.75, 3.05) is 7.11 Å². The maximum Gasteiger partial charge on any atom is 0.198 e. The molecule has 0 unspecified atom stereocenters. The van der Waals surface area contributed by atoms with Crippen LogP contribution in [0.2, 0.25) is 0 Å². The van der Waals surface area contributed by atoms with Gasteiger partial charge in [0.1, 0.15) is 5.75 Å². The standard InChI is InChI=1S/C18H14O3/c1-3-6-11-9-10-14-15(18(11)21-2)17(20)13-8-5-4-7-12(13)16(14)19/h3-10H,1-2H3/b6-3+. The second-order valence-electron chi connectivity index (χ2n) is 4.81. The molecule has 1 aliphatic carbocycles. The fraction of sp³-hybridized carbons (Fsp3) is 0.111. The van der Waals surface area contributed by atoms with E-state index in [2.05, 4.69) is 0 Å². The summed E-state index contributed by atoms with van der Waals surface area (Å²) in [5.74, 6) is 0.160.